The molecule has 2 aliphatic rings. The minimum absolute atomic E-state index is 0.189. The summed E-state index contributed by atoms with van der Waals surface area (Å²) < 4.78 is 0. The van der Waals surface area contributed by atoms with Crippen LogP contribution in [0.4, 0.5) is 11.5 Å². The van der Waals surface area contributed by atoms with Crippen LogP contribution in [0.1, 0.15) is 40.7 Å². The molecule has 236 valence electrons. The molecule has 1 N–H and O–H groups in total. The molecule has 49 heavy (non-hydrogen) atoms. The van der Waals surface area contributed by atoms with Gasteiger partial charge in [0.05, 0.1) is 28.3 Å². The Kier molecular flexibility index (Phi) is 6.31. The second-order valence-electron chi connectivity index (χ2n) is 13.2. The first kappa shape index (κ1) is 28.0. The van der Waals surface area contributed by atoms with E-state index in [0.29, 0.717) is 0 Å². The number of H-pyrrole nitrogens is 1. The smallest absolute Gasteiger partial charge is 0.186 e. The number of anilines is 2. The molecule has 0 fully saturated rings. The maximum atomic E-state index is 5.48. The Labute approximate surface area is 284 Å². The molecule has 0 radical (unpaired) electrons. The summed E-state index contributed by atoms with van der Waals surface area (Å²) in [6, 6.07) is 49.6. The molecule has 5 heterocycles. The zero-order chi connectivity index (χ0) is 32.4. The zero-order valence-corrected chi connectivity index (χ0v) is 27.0. The number of aromatic nitrogens is 4. The fraction of sp³-hybridized carbons (Fsp3) is 0.140. The van der Waals surface area contributed by atoms with E-state index in [0.717, 1.165) is 75.9 Å². The largest absolute Gasteiger partial charge is 0.340 e. The maximum Gasteiger partial charge on any atom is 0.186 e. The molecule has 2 unspecified atom stereocenters. The molecule has 0 spiro atoms. The third-order valence-electron chi connectivity index (χ3n) is 10.5. The lowest BCUT2D eigenvalue weighted by Crippen LogP contribution is -2.65. The van der Waals surface area contributed by atoms with Crippen molar-refractivity contribution >= 4 is 44.2 Å². The predicted octanol–water partition coefficient (Wildman–Crippen LogP) is 9.12. The van der Waals surface area contributed by atoms with E-state index >= 15 is 0 Å². The number of aromatic amines is 1. The van der Waals surface area contributed by atoms with E-state index in [4.69, 9.17) is 15.0 Å². The average molecular weight is 635 g/mol. The number of pyridine rings is 2. The molecule has 10 rings (SSSR count). The van der Waals surface area contributed by atoms with Crippen molar-refractivity contribution in [2.45, 2.75) is 31.0 Å². The molecule has 8 aromatic rings. The van der Waals surface area contributed by atoms with Crippen molar-refractivity contribution in [2.24, 2.45) is 0 Å². The van der Waals surface area contributed by atoms with Crippen molar-refractivity contribution in [3.05, 3.63) is 174 Å². The highest BCUT2D eigenvalue weighted by Gasteiger charge is 2.56. The molecule has 0 saturated heterocycles. The van der Waals surface area contributed by atoms with Crippen LogP contribution in [-0.2, 0) is 18.5 Å². The van der Waals surface area contributed by atoms with Gasteiger partial charge in [-0.15, -0.1) is 0 Å². The van der Waals surface area contributed by atoms with Crippen LogP contribution in [0.2, 0.25) is 0 Å². The highest BCUT2D eigenvalue weighted by Crippen LogP contribution is 2.54. The van der Waals surface area contributed by atoms with Gasteiger partial charge in [-0.05, 0) is 71.8 Å². The van der Waals surface area contributed by atoms with Crippen LogP contribution < -0.4 is 9.80 Å². The topological polar surface area (TPSA) is 60.9 Å². The molecular formula is C43H34N6. The SMILES string of the molecule is c1ccc2c(c1)CCCN2C1(c2nccc3ccccc23)c2ccccc2CC(c2nc3ccccc3[nH]2)N1c1ccc2ccccc2n1. The molecule has 6 heteroatoms. The summed E-state index contributed by atoms with van der Waals surface area (Å²) in [6.07, 6.45) is 4.80. The number of para-hydroxylation sites is 4. The monoisotopic (exact) mass is 634 g/mol. The van der Waals surface area contributed by atoms with E-state index in [1.807, 2.05) is 6.20 Å². The van der Waals surface area contributed by atoms with Gasteiger partial charge < -0.3 is 14.8 Å². The van der Waals surface area contributed by atoms with E-state index in [1.165, 1.54) is 22.4 Å². The third-order valence-corrected chi connectivity index (χ3v) is 10.5. The summed E-state index contributed by atoms with van der Waals surface area (Å²) in [5.74, 6) is 1.80. The Balaban J connectivity index is 1.38. The minimum atomic E-state index is -0.884. The Morgan fingerprint density at radius 2 is 1.41 bits per heavy atom. The summed E-state index contributed by atoms with van der Waals surface area (Å²) in [6.45, 7) is 0.854. The number of benzene rings is 5. The Hall–Kier alpha value is -6.01. The standard InChI is InChI=1S/C43H34N6/c1-5-17-33-29(12-1)25-26-44-41(33)43(48-27-11-16-31-14-4-10-22-38(31)48)34-18-6-2-15-32(34)28-39(42-46-36-20-8-9-21-37(36)47-42)49(43)40-24-23-30-13-3-7-19-35(30)45-40/h1-10,12-15,17-26,39H,11,16,27-28H2,(H,46,47). The molecular weight excluding hydrogens is 601 g/mol. The number of imidazole rings is 1. The van der Waals surface area contributed by atoms with Gasteiger partial charge in [-0.3, -0.25) is 4.98 Å². The molecule has 2 atom stereocenters. The van der Waals surface area contributed by atoms with Gasteiger partial charge in [0.1, 0.15) is 11.6 Å². The summed E-state index contributed by atoms with van der Waals surface area (Å²) >= 11 is 0. The molecule has 0 amide bonds. The zero-order valence-electron chi connectivity index (χ0n) is 27.0. The molecule has 3 aromatic heterocycles. The molecule has 0 saturated carbocycles. The predicted molar refractivity (Wildman–Crippen MR) is 198 cm³/mol. The fourth-order valence-corrected chi connectivity index (χ4v) is 8.47. The van der Waals surface area contributed by atoms with Gasteiger partial charge in [0.2, 0.25) is 0 Å². The van der Waals surface area contributed by atoms with Crippen LogP contribution in [0.15, 0.2) is 146 Å². The lowest BCUT2D eigenvalue weighted by atomic mass is 9.77. The van der Waals surface area contributed by atoms with Gasteiger partial charge in [-0.1, -0.05) is 97.1 Å². The van der Waals surface area contributed by atoms with Gasteiger partial charge in [0.15, 0.2) is 5.66 Å². The Bertz CT molecular complexity index is 2480. The number of hydrogen-bond donors (Lipinski definition) is 1. The average Bonchev–Trinajstić information content (AvgIpc) is 3.61. The lowest BCUT2D eigenvalue weighted by Gasteiger charge is -2.58. The van der Waals surface area contributed by atoms with Crippen LogP contribution in [0.3, 0.4) is 0 Å². The van der Waals surface area contributed by atoms with E-state index in [1.54, 1.807) is 0 Å². The highest BCUT2D eigenvalue weighted by atomic mass is 15.5. The van der Waals surface area contributed by atoms with Crippen LogP contribution >= 0.6 is 0 Å². The molecule has 5 aromatic carbocycles. The van der Waals surface area contributed by atoms with Gasteiger partial charge in [-0.25, -0.2) is 9.97 Å². The summed E-state index contributed by atoms with van der Waals surface area (Å²) in [5, 5.41) is 3.40. The minimum Gasteiger partial charge on any atom is -0.340 e. The van der Waals surface area contributed by atoms with Crippen LogP contribution in [-0.4, -0.2) is 26.5 Å². The van der Waals surface area contributed by atoms with Crippen molar-refractivity contribution < 1.29 is 0 Å². The molecule has 2 aliphatic heterocycles. The van der Waals surface area contributed by atoms with E-state index < -0.39 is 5.66 Å². The normalized spacial score (nSPS) is 18.9. The maximum absolute atomic E-state index is 5.48. The fourth-order valence-electron chi connectivity index (χ4n) is 8.47. The van der Waals surface area contributed by atoms with Crippen molar-refractivity contribution in [1.29, 1.82) is 0 Å². The second kappa shape index (κ2) is 11.0. The molecule has 6 nitrogen and oxygen atoms in total. The van der Waals surface area contributed by atoms with Crippen LogP contribution in [0.25, 0.3) is 32.7 Å². The first-order chi connectivity index (χ1) is 24.3. The number of aryl methyl sites for hydroxylation is 1. The van der Waals surface area contributed by atoms with Crippen LogP contribution in [0.5, 0.6) is 0 Å². The third kappa shape index (κ3) is 4.23. The second-order valence-corrected chi connectivity index (χ2v) is 13.2. The van der Waals surface area contributed by atoms with E-state index in [2.05, 4.69) is 154 Å². The van der Waals surface area contributed by atoms with Gasteiger partial charge in [0, 0.05) is 41.2 Å². The van der Waals surface area contributed by atoms with Crippen molar-refractivity contribution in [2.75, 3.05) is 16.3 Å². The van der Waals surface area contributed by atoms with E-state index in [9.17, 15) is 0 Å². The highest BCUT2D eigenvalue weighted by molar-refractivity contribution is 5.89. The van der Waals surface area contributed by atoms with Gasteiger partial charge in [0.25, 0.3) is 0 Å². The Morgan fingerprint density at radius 1 is 0.653 bits per heavy atom. The van der Waals surface area contributed by atoms with Crippen molar-refractivity contribution in [3.8, 4) is 0 Å². The first-order valence-electron chi connectivity index (χ1n) is 17.2. The van der Waals surface area contributed by atoms with Gasteiger partial charge >= 0.3 is 0 Å². The Morgan fingerprint density at radius 3 is 2.33 bits per heavy atom. The number of fused-ring (bicyclic) bond motifs is 5. The summed E-state index contributed by atoms with van der Waals surface area (Å²) in [7, 11) is 0. The first-order valence-corrected chi connectivity index (χ1v) is 17.2. The van der Waals surface area contributed by atoms with Gasteiger partial charge in [-0.2, -0.15) is 0 Å². The molecule has 0 aliphatic carbocycles. The summed E-state index contributed by atoms with van der Waals surface area (Å²) in [5.41, 5.74) is 8.13. The quantitative estimate of drug-likeness (QED) is 0.209. The number of rotatable bonds is 4. The lowest BCUT2D eigenvalue weighted by molar-refractivity contribution is 0.349. The van der Waals surface area contributed by atoms with Crippen molar-refractivity contribution in [1.82, 2.24) is 19.9 Å². The molecule has 0 bridgehead atoms. The number of nitrogens with one attached hydrogen (secondary N) is 1. The van der Waals surface area contributed by atoms with Crippen LogP contribution in [0, 0.1) is 0 Å². The van der Waals surface area contributed by atoms with E-state index in [-0.39, 0.29) is 6.04 Å². The number of hydrogen-bond acceptors (Lipinski definition) is 5. The summed E-state index contributed by atoms with van der Waals surface area (Å²) in [4.78, 5) is 25.1. The van der Waals surface area contributed by atoms with Crippen molar-refractivity contribution in [3.63, 3.8) is 0 Å². The number of nitrogens with zero attached hydrogens (tertiary/aromatic N) is 5.